The number of rotatable bonds is 4. The van der Waals surface area contributed by atoms with Crippen molar-refractivity contribution in [3.8, 4) is 11.5 Å². The van der Waals surface area contributed by atoms with Gasteiger partial charge >= 0.3 is 0 Å². The van der Waals surface area contributed by atoms with Crippen LogP contribution >= 0.6 is 11.6 Å². The molecule has 0 N–H and O–H groups in total. The third-order valence-electron chi connectivity index (χ3n) is 3.21. The lowest BCUT2D eigenvalue weighted by molar-refractivity contribution is 0.322. The quantitative estimate of drug-likeness (QED) is 0.842. The van der Waals surface area contributed by atoms with E-state index in [0.29, 0.717) is 11.6 Å². The molecular formula is C16H15ClO2. The number of hydrogen-bond acceptors (Lipinski definition) is 2. The summed E-state index contributed by atoms with van der Waals surface area (Å²) in [6.07, 6.45) is 1.90. The molecule has 19 heavy (non-hydrogen) atoms. The summed E-state index contributed by atoms with van der Waals surface area (Å²) in [5.41, 5.74) is 2.59. The van der Waals surface area contributed by atoms with Crippen molar-refractivity contribution in [1.82, 2.24) is 0 Å². The molecule has 0 fully saturated rings. The Labute approximate surface area is 117 Å². The molecule has 1 heterocycles. The zero-order chi connectivity index (χ0) is 13.1. The number of ether oxygens (including phenoxy) is 2. The summed E-state index contributed by atoms with van der Waals surface area (Å²) in [6, 6.07) is 13.9. The SMILES string of the molecule is Clc1cccc(OCCc2ccc3c(c2)CCO3)c1. The van der Waals surface area contributed by atoms with E-state index in [1.165, 1.54) is 11.1 Å². The van der Waals surface area contributed by atoms with Crippen LogP contribution in [0.4, 0.5) is 0 Å². The summed E-state index contributed by atoms with van der Waals surface area (Å²) < 4.78 is 11.2. The van der Waals surface area contributed by atoms with Crippen molar-refractivity contribution in [1.29, 1.82) is 0 Å². The van der Waals surface area contributed by atoms with Gasteiger partial charge in [0, 0.05) is 17.9 Å². The van der Waals surface area contributed by atoms with E-state index in [2.05, 4.69) is 18.2 Å². The molecule has 0 saturated carbocycles. The second-order valence-corrected chi connectivity index (χ2v) is 5.03. The van der Waals surface area contributed by atoms with Gasteiger partial charge in [-0.2, -0.15) is 0 Å². The van der Waals surface area contributed by atoms with E-state index in [9.17, 15) is 0 Å². The second kappa shape index (κ2) is 5.54. The fourth-order valence-corrected chi connectivity index (χ4v) is 2.42. The molecule has 1 aliphatic heterocycles. The molecule has 0 unspecified atom stereocenters. The normalized spacial score (nSPS) is 12.9. The maximum atomic E-state index is 5.91. The molecule has 0 atom stereocenters. The van der Waals surface area contributed by atoms with Crippen molar-refractivity contribution >= 4 is 11.6 Å². The fourth-order valence-electron chi connectivity index (χ4n) is 2.24. The van der Waals surface area contributed by atoms with E-state index in [4.69, 9.17) is 21.1 Å². The van der Waals surface area contributed by atoms with Gasteiger partial charge in [-0.05, 0) is 35.4 Å². The van der Waals surface area contributed by atoms with Crippen molar-refractivity contribution < 1.29 is 9.47 Å². The van der Waals surface area contributed by atoms with Gasteiger partial charge in [0.15, 0.2) is 0 Å². The molecule has 0 saturated heterocycles. The first-order valence-electron chi connectivity index (χ1n) is 6.44. The standard InChI is InChI=1S/C16H15ClO2/c17-14-2-1-3-15(11-14)18-8-6-12-4-5-16-13(10-12)7-9-19-16/h1-5,10-11H,6-9H2. The van der Waals surface area contributed by atoms with Gasteiger partial charge in [0.25, 0.3) is 0 Å². The first-order valence-corrected chi connectivity index (χ1v) is 6.82. The molecule has 2 aromatic carbocycles. The molecule has 2 aromatic rings. The van der Waals surface area contributed by atoms with Crippen LogP contribution in [0.5, 0.6) is 11.5 Å². The van der Waals surface area contributed by atoms with Gasteiger partial charge in [0.2, 0.25) is 0 Å². The molecule has 1 aliphatic rings. The van der Waals surface area contributed by atoms with E-state index in [-0.39, 0.29) is 0 Å². The fraction of sp³-hybridized carbons (Fsp3) is 0.250. The lowest BCUT2D eigenvalue weighted by atomic mass is 10.1. The lowest BCUT2D eigenvalue weighted by Crippen LogP contribution is -2.01. The zero-order valence-electron chi connectivity index (χ0n) is 10.6. The lowest BCUT2D eigenvalue weighted by Gasteiger charge is -2.07. The number of halogens is 1. The summed E-state index contributed by atoms with van der Waals surface area (Å²) in [5.74, 6) is 1.84. The first kappa shape index (κ1) is 12.4. The summed E-state index contributed by atoms with van der Waals surface area (Å²) in [7, 11) is 0. The molecule has 2 nitrogen and oxygen atoms in total. The van der Waals surface area contributed by atoms with Crippen LogP contribution in [-0.2, 0) is 12.8 Å². The third kappa shape index (κ3) is 3.02. The highest BCUT2D eigenvalue weighted by Crippen LogP contribution is 2.26. The average molecular weight is 275 g/mol. The molecule has 98 valence electrons. The predicted octanol–water partition coefficient (Wildman–Crippen LogP) is 3.90. The van der Waals surface area contributed by atoms with Crippen LogP contribution in [0.3, 0.4) is 0 Å². The molecule has 3 heteroatoms. The largest absolute Gasteiger partial charge is 0.493 e. The summed E-state index contributed by atoms with van der Waals surface area (Å²) >= 11 is 5.91. The molecule has 0 aliphatic carbocycles. The van der Waals surface area contributed by atoms with Crippen LogP contribution in [0.2, 0.25) is 5.02 Å². The van der Waals surface area contributed by atoms with Gasteiger partial charge in [-0.25, -0.2) is 0 Å². The second-order valence-electron chi connectivity index (χ2n) is 4.60. The molecular weight excluding hydrogens is 260 g/mol. The minimum atomic E-state index is 0.653. The Bertz CT molecular complexity index is 581. The van der Waals surface area contributed by atoms with E-state index < -0.39 is 0 Å². The number of hydrogen-bond donors (Lipinski definition) is 0. The number of fused-ring (bicyclic) bond motifs is 1. The summed E-state index contributed by atoms with van der Waals surface area (Å²) in [4.78, 5) is 0. The van der Waals surface area contributed by atoms with Crippen molar-refractivity contribution in [3.63, 3.8) is 0 Å². The van der Waals surface area contributed by atoms with Crippen LogP contribution in [0.1, 0.15) is 11.1 Å². The first-order chi connectivity index (χ1) is 9.31. The Kier molecular flexibility index (Phi) is 3.60. The highest BCUT2D eigenvalue weighted by Gasteiger charge is 2.11. The van der Waals surface area contributed by atoms with Crippen LogP contribution in [0.25, 0.3) is 0 Å². The van der Waals surface area contributed by atoms with Crippen molar-refractivity contribution in [3.05, 3.63) is 58.6 Å². The van der Waals surface area contributed by atoms with Gasteiger partial charge < -0.3 is 9.47 Å². The van der Waals surface area contributed by atoms with Gasteiger partial charge in [0.05, 0.1) is 13.2 Å². The predicted molar refractivity (Wildman–Crippen MR) is 76.3 cm³/mol. The average Bonchev–Trinajstić information content (AvgIpc) is 2.86. The Morgan fingerprint density at radius 2 is 2.11 bits per heavy atom. The summed E-state index contributed by atoms with van der Waals surface area (Å²) in [5, 5.41) is 0.701. The molecule has 0 radical (unpaired) electrons. The molecule has 0 bridgehead atoms. The smallest absolute Gasteiger partial charge is 0.122 e. The van der Waals surface area contributed by atoms with Crippen molar-refractivity contribution in [2.24, 2.45) is 0 Å². The number of benzene rings is 2. The van der Waals surface area contributed by atoms with Gasteiger partial charge in [-0.3, -0.25) is 0 Å². The van der Waals surface area contributed by atoms with Crippen LogP contribution in [0, 0.1) is 0 Å². The van der Waals surface area contributed by atoms with Crippen molar-refractivity contribution in [2.45, 2.75) is 12.8 Å². The Morgan fingerprint density at radius 3 is 3.00 bits per heavy atom. The van der Waals surface area contributed by atoms with Crippen molar-refractivity contribution in [2.75, 3.05) is 13.2 Å². The minimum absolute atomic E-state index is 0.653. The highest BCUT2D eigenvalue weighted by molar-refractivity contribution is 6.30. The van der Waals surface area contributed by atoms with E-state index >= 15 is 0 Å². The van der Waals surface area contributed by atoms with Gasteiger partial charge in [-0.1, -0.05) is 29.8 Å². The van der Waals surface area contributed by atoms with E-state index in [1.807, 2.05) is 24.3 Å². The van der Waals surface area contributed by atoms with Crippen LogP contribution < -0.4 is 9.47 Å². The zero-order valence-corrected chi connectivity index (χ0v) is 11.3. The third-order valence-corrected chi connectivity index (χ3v) is 3.44. The minimum Gasteiger partial charge on any atom is -0.493 e. The topological polar surface area (TPSA) is 18.5 Å². The molecule has 3 rings (SSSR count). The van der Waals surface area contributed by atoms with Crippen LogP contribution in [-0.4, -0.2) is 13.2 Å². The Hall–Kier alpha value is -1.67. The van der Waals surface area contributed by atoms with E-state index in [1.54, 1.807) is 0 Å². The Balaban J connectivity index is 1.58. The maximum absolute atomic E-state index is 5.91. The van der Waals surface area contributed by atoms with E-state index in [0.717, 1.165) is 30.9 Å². The molecule has 0 spiro atoms. The van der Waals surface area contributed by atoms with Gasteiger partial charge in [-0.15, -0.1) is 0 Å². The Morgan fingerprint density at radius 1 is 1.16 bits per heavy atom. The van der Waals surface area contributed by atoms with Gasteiger partial charge in [0.1, 0.15) is 11.5 Å². The molecule has 0 amide bonds. The summed E-state index contributed by atoms with van der Waals surface area (Å²) in [6.45, 7) is 1.46. The highest BCUT2D eigenvalue weighted by atomic mass is 35.5. The molecule has 0 aromatic heterocycles. The van der Waals surface area contributed by atoms with Crippen LogP contribution in [0.15, 0.2) is 42.5 Å². The maximum Gasteiger partial charge on any atom is 0.122 e. The monoisotopic (exact) mass is 274 g/mol.